The normalized spacial score (nSPS) is 12.7. The smallest absolute Gasteiger partial charge is 0.155 e. The van der Waals surface area contributed by atoms with Gasteiger partial charge in [0.25, 0.3) is 0 Å². The van der Waals surface area contributed by atoms with Gasteiger partial charge in [-0.05, 0) is 40.5 Å². The van der Waals surface area contributed by atoms with Crippen molar-refractivity contribution in [2.24, 2.45) is 0 Å². The lowest BCUT2D eigenvalue weighted by molar-refractivity contribution is 0.563. The summed E-state index contributed by atoms with van der Waals surface area (Å²) < 4.78 is 15.7. The zero-order valence-corrected chi connectivity index (χ0v) is 13.0. The van der Waals surface area contributed by atoms with E-state index in [1.807, 2.05) is 23.7 Å². The Hall–Kier alpha value is -1.79. The minimum Gasteiger partial charge on any atom is -0.305 e. The van der Waals surface area contributed by atoms with E-state index < -0.39 is 0 Å². The molecular weight excluding hydrogens is 335 g/mol. The lowest BCUT2D eigenvalue weighted by atomic mass is 10.1. The molecule has 2 aromatic heterocycles. The number of fused-ring (bicyclic) bond motifs is 1. The fourth-order valence-corrected chi connectivity index (χ4v) is 2.48. The zero-order valence-electron chi connectivity index (χ0n) is 11.4. The molecule has 1 N–H and O–H groups in total. The monoisotopic (exact) mass is 348 g/mol. The van der Waals surface area contributed by atoms with E-state index in [2.05, 4.69) is 31.2 Å². The van der Waals surface area contributed by atoms with E-state index in [9.17, 15) is 4.39 Å². The van der Waals surface area contributed by atoms with Crippen LogP contribution in [0.1, 0.15) is 24.2 Å². The maximum atomic E-state index is 12.9. The number of nitrogens with one attached hydrogen (secondary N) is 1. The van der Waals surface area contributed by atoms with Gasteiger partial charge in [0.05, 0.1) is 18.1 Å². The van der Waals surface area contributed by atoms with Gasteiger partial charge in [-0.25, -0.2) is 14.4 Å². The van der Waals surface area contributed by atoms with Crippen LogP contribution in [-0.4, -0.2) is 14.4 Å². The predicted molar refractivity (Wildman–Crippen MR) is 82.3 cm³/mol. The van der Waals surface area contributed by atoms with E-state index in [0.717, 1.165) is 21.5 Å². The highest BCUT2D eigenvalue weighted by molar-refractivity contribution is 9.10. The van der Waals surface area contributed by atoms with Crippen molar-refractivity contribution in [3.63, 3.8) is 0 Å². The van der Waals surface area contributed by atoms with Crippen LogP contribution in [0.2, 0.25) is 0 Å². The van der Waals surface area contributed by atoms with Gasteiger partial charge < -0.3 is 5.32 Å². The summed E-state index contributed by atoms with van der Waals surface area (Å²) in [5.74, 6) is -0.218. The molecule has 0 saturated heterocycles. The molecule has 108 valence electrons. The molecule has 6 heteroatoms. The maximum Gasteiger partial charge on any atom is 0.155 e. The van der Waals surface area contributed by atoms with Gasteiger partial charge in [0.15, 0.2) is 5.65 Å². The Bertz CT molecular complexity index is 754. The minimum absolute atomic E-state index is 0.126. The lowest BCUT2D eigenvalue weighted by Gasteiger charge is -2.14. The number of rotatable bonds is 4. The molecule has 1 aromatic carbocycles. The van der Waals surface area contributed by atoms with Crippen molar-refractivity contribution < 1.29 is 4.39 Å². The molecule has 3 rings (SSSR count). The lowest BCUT2D eigenvalue weighted by Crippen LogP contribution is -2.19. The molecule has 4 nitrogen and oxygen atoms in total. The summed E-state index contributed by atoms with van der Waals surface area (Å²) in [5.41, 5.74) is 2.90. The topological polar surface area (TPSA) is 42.2 Å². The van der Waals surface area contributed by atoms with Gasteiger partial charge in [-0.1, -0.05) is 12.1 Å². The van der Waals surface area contributed by atoms with Gasteiger partial charge in [-0.15, -0.1) is 0 Å². The molecule has 0 unspecified atom stereocenters. The number of aromatic nitrogens is 3. The van der Waals surface area contributed by atoms with Crippen LogP contribution in [0, 0.1) is 5.82 Å². The average Bonchev–Trinajstić information content (AvgIpc) is 2.88. The summed E-state index contributed by atoms with van der Waals surface area (Å²) in [5, 5.41) is 3.41. The van der Waals surface area contributed by atoms with Gasteiger partial charge in [-0.3, -0.25) is 4.40 Å². The Morgan fingerprint density at radius 3 is 2.76 bits per heavy atom. The maximum absolute atomic E-state index is 12.9. The van der Waals surface area contributed by atoms with Crippen LogP contribution in [0.5, 0.6) is 0 Å². The van der Waals surface area contributed by atoms with E-state index in [1.54, 1.807) is 18.3 Å². The van der Waals surface area contributed by atoms with Crippen LogP contribution in [-0.2, 0) is 6.54 Å². The summed E-state index contributed by atoms with van der Waals surface area (Å²) >= 11 is 3.36. The Balaban J connectivity index is 1.74. The molecule has 0 aliphatic carbocycles. The minimum atomic E-state index is -0.218. The first-order chi connectivity index (χ1) is 10.1. The molecule has 0 aliphatic heterocycles. The Morgan fingerprint density at radius 1 is 1.24 bits per heavy atom. The second kappa shape index (κ2) is 5.91. The number of benzene rings is 1. The fourth-order valence-electron chi connectivity index (χ4n) is 2.17. The molecule has 0 aliphatic rings. The van der Waals surface area contributed by atoms with E-state index in [1.165, 1.54) is 12.1 Å². The molecule has 0 spiro atoms. The van der Waals surface area contributed by atoms with Gasteiger partial charge >= 0.3 is 0 Å². The molecule has 0 amide bonds. The van der Waals surface area contributed by atoms with Crippen LogP contribution in [0.15, 0.2) is 47.5 Å². The third kappa shape index (κ3) is 3.11. The molecule has 1 atom stereocenters. The van der Waals surface area contributed by atoms with E-state index in [0.29, 0.717) is 6.54 Å². The molecule has 3 aromatic rings. The predicted octanol–water partition coefficient (Wildman–Crippen LogP) is 3.48. The van der Waals surface area contributed by atoms with Crippen molar-refractivity contribution in [3.8, 4) is 0 Å². The first-order valence-corrected chi connectivity index (χ1v) is 7.39. The quantitative estimate of drug-likeness (QED) is 0.784. The molecule has 0 fully saturated rings. The summed E-state index contributed by atoms with van der Waals surface area (Å²) in [6.45, 7) is 2.71. The fraction of sp³-hybridized carbons (Fsp3) is 0.200. The summed E-state index contributed by atoms with van der Waals surface area (Å²) in [6, 6.07) is 6.67. The number of halogens is 2. The zero-order chi connectivity index (χ0) is 14.8. The van der Waals surface area contributed by atoms with E-state index in [4.69, 9.17) is 0 Å². The molecule has 0 bridgehead atoms. The number of imidazole rings is 1. The molecule has 0 saturated carbocycles. The first kappa shape index (κ1) is 14.2. The summed E-state index contributed by atoms with van der Waals surface area (Å²) in [4.78, 5) is 8.46. The number of nitrogens with zero attached hydrogens (tertiary/aromatic N) is 3. The van der Waals surface area contributed by atoms with Crippen molar-refractivity contribution in [1.82, 2.24) is 19.7 Å². The van der Waals surface area contributed by atoms with Gasteiger partial charge in [0.2, 0.25) is 0 Å². The summed E-state index contributed by atoms with van der Waals surface area (Å²) in [6.07, 6.45) is 5.44. The largest absolute Gasteiger partial charge is 0.305 e. The van der Waals surface area contributed by atoms with Gasteiger partial charge in [-0.2, -0.15) is 0 Å². The second-order valence-electron chi connectivity index (χ2n) is 4.84. The highest BCUT2D eigenvalue weighted by Crippen LogP contribution is 2.15. The summed E-state index contributed by atoms with van der Waals surface area (Å²) in [7, 11) is 0. The van der Waals surface area contributed by atoms with Crippen molar-refractivity contribution in [2.75, 3.05) is 0 Å². The van der Waals surface area contributed by atoms with E-state index in [-0.39, 0.29) is 11.9 Å². The highest BCUT2D eigenvalue weighted by atomic mass is 79.9. The third-order valence-electron chi connectivity index (χ3n) is 3.40. The van der Waals surface area contributed by atoms with Crippen LogP contribution < -0.4 is 5.32 Å². The molecular formula is C15H14BrFN4. The Kier molecular flexibility index (Phi) is 3.98. The SMILES string of the molecule is C[C@@H](NCc1cnc2cnc(Br)cn12)c1ccc(F)cc1. The van der Waals surface area contributed by atoms with Crippen molar-refractivity contribution in [1.29, 1.82) is 0 Å². The number of hydrogen-bond acceptors (Lipinski definition) is 3. The van der Waals surface area contributed by atoms with Crippen molar-refractivity contribution >= 4 is 21.6 Å². The van der Waals surface area contributed by atoms with Crippen LogP contribution in [0.4, 0.5) is 4.39 Å². The first-order valence-electron chi connectivity index (χ1n) is 6.60. The van der Waals surface area contributed by atoms with Crippen LogP contribution in [0.3, 0.4) is 0 Å². The Morgan fingerprint density at radius 2 is 2.00 bits per heavy atom. The third-order valence-corrected chi connectivity index (χ3v) is 3.81. The van der Waals surface area contributed by atoms with E-state index >= 15 is 0 Å². The molecule has 21 heavy (non-hydrogen) atoms. The van der Waals surface area contributed by atoms with Crippen molar-refractivity contribution in [2.45, 2.75) is 19.5 Å². The molecule has 2 heterocycles. The highest BCUT2D eigenvalue weighted by Gasteiger charge is 2.08. The molecule has 0 radical (unpaired) electrons. The van der Waals surface area contributed by atoms with Gasteiger partial charge in [0.1, 0.15) is 10.4 Å². The average molecular weight is 349 g/mol. The number of hydrogen-bond donors (Lipinski definition) is 1. The van der Waals surface area contributed by atoms with Crippen LogP contribution in [0.25, 0.3) is 5.65 Å². The standard InChI is InChI=1S/C15H14BrFN4/c1-10(11-2-4-12(17)5-3-11)18-6-13-7-20-15-8-19-14(16)9-21(13)15/h2-5,7-10,18H,6H2,1H3/t10-/m1/s1. The van der Waals surface area contributed by atoms with Gasteiger partial charge in [0, 0.05) is 18.8 Å². The second-order valence-corrected chi connectivity index (χ2v) is 5.65. The van der Waals surface area contributed by atoms with Crippen LogP contribution >= 0.6 is 15.9 Å². The van der Waals surface area contributed by atoms with Crippen molar-refractivity contribution in [3.05, 3.63) is 64.5 Å². The Labute approximate surface area is 130 Å².